The standard InChI is InChI=1S/C12H17FN2O/c1-8-6-10(13)4-5-11(8)12(16)15-7-9(2)14-3/h4-6,9,14H,7H2,1-3H3,(H,15,16). The van der Waals surface area contributed by atoms with Crippen molar-refractivity contribution in [3.63, 3.8) is 0 Å². The number of aryl methyl sites for hydroxylation is 1. The number of hydrogen-bond acceptors (Lipinski definition) is 2. The summed E-state index contributed by atoms with van der Waals surface area (Å²) < 4.78 is 12.8. The molecule has 0 heterocycles. The maximum Gasteiger partial charge on any atom is 0.251 e. The number of amides is 1. The van der Waals surface area contributed by atoms with Gasteiger partial charge in [0, 0.05) is 18.2 Å². The zero-order valence-electron chi connectivity index (χ0n) is 9.80. The van der Waals surface area contributed by atoms with Crippen molar-refractivity contribution in [2.75, 3.05) is 13.6 Å². The molecule has 0 bridgehead atoms. The topological polar surface area (TPSA) is 41.1 Å². The Bertz CT molecular complexity index is 379. The third-order valence-electron chi connectivity index (χ3n) is 2.49. The molecule has 3 nitrogen and oxygen atoms in total. The lowest BCUT2D eigenvalue weighted by Crippen LogP contribution is -2.37. The molecule has 0 aliphatic rings. The number of carbonyl (C=O) groups is 1. The van der Waals surface area contributed by atoms with Gasteiger partial charge in [-0.25, -0.2) is 4.39 Å². The van der Waals surface area contributed by atoms with E-state index in [9.17, 15) is 9.18 Å². The Kier molecular flexibility index (Phi) is 4.43. The number of benzene rings is 1. The molecule has 4 heteroatoms. The number of carbonyl (C=O) groups excluding carboxylic acids is 1. The van der Waals surface area contributed by atoms with Crippen molar-refractivity contribution in [2.45, 2.75) is 19.9 Å². The second kappa shape index (κ2) is 5.61. The lowest BCUT2D eigenvalue weighted by Gasteiger charge is -2.12. The van der Waals surface area contributed by atoms with Crippen LogP contribution in [0.1, 0.15) is 22.8 Å². The summed E-state index contributed by atoms with van der Waals surface area (Å²) in [7, 11) is 1.83. The summed E-state index contributed by atoms with van der Waals surface area (Å²) in [4.78, 5) is 11.7. The molecule has 1 unspecified atom stereocenters. The number of likely N-dealkylation sites (N-methyl/N-ethyl adjacent to an activating group) is 1. The van der Waals surface area contributed by atoms with Gasteiger partial charge in [-0.2, -0.15) is 0 Å². The average Bonchev–Trinajstić information content (AvgIpc) is 2.25. The Morgan fingerprint density at radius 3 is 2.75 bits per heavy atom. The molecular formula is C12H17FN2O. The summed E-state index contributed by atoms with van der Waals surface area (Å²) in [6.45, 7) is 4.24. The van der Waals surface area contributed by atoms with Crippen LogP contribution in [0, 0.1) is 12.7 Å². The van der Waals surface area contributed by atoms with Gasteiger partial charge < -0.3 is 10.6 Å². The van der Waals surface area contributed by atoms with Crippen LogP contribution in [-0.4, -0.2) is 25.5 Å². The van der Waals surface area contributed by atoms with E-state index >= 15 is 0 Å². The fourth-order valence-corrected chi connectivity index (χ4v) is 1.32. The van der Waals surface area contributed by atoms with Crippen molar-refractivity contribution in [1.29, 1.82) is 0 Å². The first-order chi connectivity index (χ1) is 7.54. The fourth-order valence-electron chi connectivity index (χ4n) is 1.32. The molecule has 16 heavy (non-hydrogen) atoms. The SMILES string of the molecule is CNC(C)CNC(=O)c1ccc(F)cc1C. The quantitative estimate of drug-likeness (QED) is 0.813. The molecule has 0 spiro atoms. The van der Waals surface area contributed by atoms with Gasteiger partial charge in [0.05, 0.1) is 0 Å². The van der Waals surface area contributed by atoms with Crippen LogP contribution in [0.3, 0.4) is 0 Å². The van der Waals surface area contributed by atoms with E-state index in [4.69, 9.17) is 0 Å². The highest BCUT2D eigenvalue weighted by Crippen LogP contribution is 2.09. The summed E-state index contributed by atoms with van der Waals surface area (Å²) in [5, 5.41) is 5.81. The van der Waals surface area contributed by atoms with Crippen molar-refractivity contribution in [1.82, 2.24) is 10.6 Å². The van der Waals surface area contributed by atoms with Crippen molar-refractivity contribution < 1.29 is 9.18 Å². The molecule has 0 aromatic heterocycles. The fraction of sp³-hybridized carbons (Fsp3) is 0.417. The van der Waals surface area contributed by atoms with Crippen LogP contribution in [0.4, 0.5) is 4.39 Å². The van der Waals surface area contributed by atoms with Gasteiger partial charge in [-0.15, -0.1) is 0 Å². The second-order valence-corrected chi connectivity index (χ2v) is 3.86. The minimum absolute atomic E-state index is 0.167. The van der Waals surface area contributed by atoms with Gasteiger partial charge in [-0.1, -0.05) is 0 Å². The van der Waals surface area contributed by atoms with Crippen LogP contribution in [0.2, 0.25) is 0 Å². The van der Waals surface area contributed by atoms with E-state index in [2.05, 4.69) is 10.6 Å². The lowest BCUT2D eigenvalue weighted by molar-refractivity contribution is 0.0950. The molecule has 1 amide bonds. The van der Waals surface area contributed by atoms with E-state index in [1.54, 1.807) is 6.92 Å². The largest absolute Gasteiger partial charge is 0.350 e. The Balaban J connectivity index is 2.66. The molecule has 1 aromatic rings. The minimum Gasteiger partial charge on any atom is -0.350 e. The monoisotopic (exact) mass is 224 g/mol. The predicted molar refractivity (Wildman–Crippen MR) is 62.0 cm³/mol. The van der Waals surface area contributed by atoms with E-state index in [1.165, 1.54) is 18.2 Å². The maximum absolute atomic E-state index is 12.8. The third kappa shape index (κ3) is 3.31. The molecule has 0 saturated carbocycles. The molecule has 1 aromatic carbocycles. The maximum atomic E-state index is 12.8. The van der Waals surface area contributed by atoms with E-state index in [1.807, 2.05) is 14.0 Å². The number of rotatable bonds is 4. The number of halogens is 1. The molecule has 2 N–H and O–H groups in total. The number of nitrogens with one attached hydrogen (secondary N) is 2. The molecular weight excluding hydrogens is 207 g/mol. The summed E-state index contributed by atoms with van der Waals surface area (Å²) in [5.74, 6) is -0.489. The van der Waals surface area contributed by atoms with Gasteiger partial charge in [0.15, 0.2) is 0 Å². The zero-order valence-corrected chi connectivity index (χ0v) is 9.80. The summed E-state index contributed by atoms with van der Waals surface area (Å²) in [5.41, 5.74) is 1.17. The van der Waals surface area contributed by atoms with E-state index < -0.39 is 0 Å². The van der Waals surface area contributed by atoms with Gasteiger partial charge in [-0.3, -0.25) is 4.79 Å². The highest BCUT2D eigenvalue weighted by molar-refractivity contribution is 5.95. The highest BCUT2D eigenvalue weighted by atomic mass is 19.1. The molecule has 0 fully saturated rings. The smallest absolute Gasteiger partial charge is 0.251 e. The van der Waals surface area contributed by atoms with Crippen LogP contribution in [0.15, 0.2) is 18.2 Å². The highest BCUT2D eigenvalue weighted by Gasteiger charge is 2.09. The van der Waals surface area contributed by atoms with Crippen LogP contribution in [0.5, 0.6) is 0 Å². The van der Waals surface area contributed by atoms with E-state index in [0.29, 0.717) is 17.7 Å². The summed E-state index contributed by atoms with van der Waals surface area (Å²) in [6.07, 6.45) is 0. The van der Waals surface area contributed by atoms with E-state index in [-0.39, 0.29) is 17.8 Å². The zero-order chi connectivity index (χ0) is 12.1. The first-order valence-corrected chi connectivity index (χ1v) is 5.26. The predicted octanol–water partition coefficient (Wildman–Crippen LogP) is 1.47. The summed E-state index contributed by atoms with van der Waals surface area (Å²) >= 11 is 0. The minimum atomic E-state index is -0.322. The van der Waals surface area contributed by atoms with Crippen molar-refractivity contribution >= 4 is 5.91 Å². The Labute approximate surface area is 95.0 Å². The van der Waals surface area contributed by atoms with E-state index in [0.717, 1.165) is 0 Å². The Hall–Kier alpha value is -1.42. The van der Waals surface area contributed by atoms with Crippen molar-refractivity contribution in [3.8, 4) is 0 Å². The molecule has 88 valence electrons. The first-order valence-electron chi connectivity index (χ1n) is 5.26. The summed E-state index contributed by atoms with van der Waals surface area (Å²) in [6, 6.07) is 4.37. The van der Waals surface area contributed by atoms with Gasteiger partial charge in [0.25, 0.3) is 5.91 Å². The molecule has 0 radical (unpaired) electrons. The molecule has 0 saturated heterocycles. The van der Waals surface area contributed by atoms with Gasteiger partial charge in [-0.05, 0) is 44.7 Å². The van der Waals surface area contributed by atoms with Gasteiger partial charge in [0.2, 0.25) is 0 Å². The molecule has 0 aliphatic carbocycles. The second-order valence-electron chi connectivity index (χ2n) is 3.86. The Morgan fingerprint density at radius 2 is 2.19 bits per heavy atom. The normalized spacial score (nSPS) is 12.2. The first kappa shape index (κ1) is 12.6. The number of hydrogen-bond donors (Lipinski definition) is 2. The molecule has 1 atom stereocenters. The average molecular weight is 224 g/mol. The van der Waals surface area contributed by atoms with Gasteiger partial charge in [0.1, 0.15) is 5.82 Å². The molecule has 0 aliphatic heterocycles. The van der Waals surface area contributed by atoms with Crippen LogP contribution in [-0.2, 0) is 0 Å². The van der Waals surface area contributed by atoms with Crippen molar-refractivity contribution in [3.05, 3.63) is 35.1 Å². The molecule has 1 rings (SSSR count). The lowest BCUT2D eigenvalue weighted by atomic mass is 10.1. The van der Waals surface area contributed by atoms with Crippen LogP contribution in [0.25, 0.3) is 0 Å². The van der Waals surface area contributed by atoms with Crippen LogP contribution < -0.4 is 10.6 Å². The van der Waals surface area contributed by atoms with Crippen molar-refractivity contribution in [2.24, 2.45) is 0 Å². The Morgan fingerprint density at radius 1 is 1.50 bits per heavy atom. The third-order valence-corrected chi connectivity index (χ3v) is 2.49. The van der Waals surface area contributed by atoms with Crippen LogP contribution >= 0.6 is 0 Å². The van der Waals surface area contributed by atoms with Gasteiger partial charge >= 0.3 is 0 Å².